The maximum absolute atomic E-state index is 4.67. The Balaban J connectivity index is 2.53. The van der Waals surface area contributed by atoms with Crippen LogP contribution < -0.4 is 0 Å². The molecule has 0 aromatic rings. The largest absolute Gasteiger partial charge is 0.236 e. The van der Waals surface area contributed by atoms with Gasteiger partial charge in [-0.2, -0.15) is 0 Å². The lowest BCUT2D eigenvalue weighted by atomic mass is 10.4. The van der Waals surface area contributed by atoms with Gasteiger partial charge < -0.3 is 0 Å². The normalized spacial score (nSPS) is 9.75. The second kappa shape index (κ2) is 6.92. The van der Waals surface area contributed by atoms with Gasteiger partial charge in [-0.1, -0.05) is 13.3 Å². The van der Waals surface area contributed by atoms with Gasteiger partial charge in [0.1, 0.15) is 6.61 Å². The Kier molecular flexibility index (Phi) is 6.85. The summed E-state index contributed by atoms with van der Waals surface area (Å²) in [7, 11) is 0. The van der Waals surface area contributed by atoms with E-state index in [9.17, 15) is 0 Å². The van der Waals surface area contributed by atoms with Gasteiger partial charge in [0.2, 0.25) is 0 Å². The van der Waals surface area contributed by atoms with E-state index < -0.39 is 0 Å². The Morgan fingerprint density at radius 3 is 2.75 bits per heavy atom. The van der Waals surface area contributed by atoms with E-state index in [1.165, 1.54) is 6.61 Å². The van der Waals surface area contributed by atoms with Crippen molar-refractivity contribution in [1.29, 1.82) is 0 Å². The molecule has 1 radical (unpaired) electrons. The molecular formula is C6H13O2. The molecule has 0 atom stereocenters. The van der Waals surface area contributed by atoms with Crippen LogP contribution in [0.3, 0.4) is 0 Å². The maximum Gasteiger partial charge on any atom is 0.119 e. The number of unbranched alkanes of at least 4 members (excludes halogenated alkanes) is 1. The van der Waals surface area contributed by atoms with Crippen LogP contribution in [0.2, 0.25) is 0 Å². The molecule has 0 unspecified atom stereocenters. The second-order valence-electron chi connectivity index (χ2n) is 1.51. The molecule has 0 aliphatic rings. The van der Waals surface area contributed by atoms with Crippen molar-refractivity contribution in [2.45, 2.75) is 26.7 Å². The van der Waals surface area contributed by atoms with E-state index in [0.717, 1.165) is 12.8 Å². The van der Waals surface area contributed by atoms with Crippen molar-refractivity contribution in [1.82, 2.24) is 0 Å². The van der Waals surface area contributed by atoms with E-state index >= 15 is 0 Å². The molecule has 2 nitrogen and oxygen atoms in total. The zero-order valence-corrected chi connectivity index (χ0v) is 5.52. The Morgan fingerprint density at radius 1 is 1.50 bits per heavy atom. The highest BCUT2D eigenvalue weighted by Crippen LogP contribution is 1.88. The topological polar surface area (TPSA) is 18.5 Å². The van der Waals surface area contributed by atoms with Crippen molar-refractivity contribution in [2.75, 3.05) is 6.61 Å². The Bertz CT molecular complexity index is 31.5. The Morgan fingerprint density at radius 2 is 2.25 bits per heavy atom. The third-order valence-corrected chi connectivity index (χ3v) is 0.745. The van der Waals surface area contributed by atoms with Gasteiger partial charge in [-0.25, -0.2) is 9.78 Å². The van der Waals surface area contributed by atoms with Crippen molar-refractivity contribution in [3.63, 3.8) is 0 Å². The SMILES string of the molecule is C[CH]OOCCCC. The smallest absolute Gasteiger partial charge is 0.119 e. The summed E-state index contributed by atoms with van der Waals surface area (Å²) >= 11 is 0. The van der Waals surface area contributed by atoms with Crippen LogP contribution >= 0.6 is 0 Å². The molecule has 0 N–H and O–H groups in total. The summed E-state index contributed by atoms with van der Waals surface area (Å²) in [6, 6.07) is 0. The van der Waals surface area contributed by atoms with Gasteiger partial charge >= 0.3 is 0 Å². The van der Waals surface area contributed by atoms with Gasteiger partial charge in [-0.05, 0) is 13.3 Å². The molecule has 0 fully saturated rings. The molecule has 0 rings (SSSR count). The zero-order chi connectivity index (χ0) is 6.24. The second-order valence-corrected chi connectivity index (χ2v) is 1.51. The molecule has 0 aromatic carbocycles. The molecule has 0 saturated carbocycles. The lowest BCUT2D eigenvalue weighted by Crippen LogP contribution is -1.91. The molecule has 0 bridgehead atoms. The van der Waals surface area contributed by atoms with Gasteiger partial charge in [0.15, 0.2) is 0 Å². The van der Waals surface area contributed by atoms with Gasteiger partial charge in [0.05, 0.1) is 6.61 Å². The molecule has 8 heavy (non-hydrogen) atoms. The van der Waals surface area contributed by atoms with Crippen LogP contribution in [0.25, 0.3) is 0 Å². The molecule has 2 heteroatoms. The first-order chi connectivity index (χ1) is 3.91. The lowest BCUT2D eigenvalue weighted by Gasteiger charge is -1.96. The molecule has 0 heterocycles. The Hall–Kier alpha value is -0.0800. The summed E-state index contributed by atoms with van der Waals surface area (Å²) in [4.78, 5) is 9.18. The summed E-state index contributed by atoms with van der Waals surface area (Å²) < 4.78 is 0. The maximum atomic E-state index is 4.67. The van der Waals surface area contributed by atoms with Crippen LogP contribution in [0.5, 0.6) is 0 Å². The third kappa shape index (κ3) is 5.92. The highest BCUT2D eigenvalue weighted by Gasteiger charge is 1.82. The molecule has 49 valence electrons. The van der Waals surface area contributed by atoms with Crippen LogP contribution in [0.4, 0.5) is 0 Å². The molecule has 0 aliphatic heterocycles. The quantitative estimate of drug-likeness (QED) is 0.311. The molecular weight excluding hydrogens is 104 g/mol. The van der Waals surface area contributed by atoms with Crippen molar-refractivity contribution in [2.24, 2.45) is 0 Å². The standard InChI is InChI=1S/C6H13O2/c1-3-5-6-8-7-4-2/h4H,3,5-6H2,1-2H3. The highest BCUT2D eigenvalue weighted by molar-refractivity contribution is 4.28. The van der Waals surface area contributed by atoms with E-state index in [0.29, 0.717) is 6.61 Å². The van der Waals surface area contributed by atoms with Gasteiger partial charge in [-0.3, -0.25) is 0 Å². The average molecular weight is 117 g/mol. The van der Waals surface area contributed by atoms with Crippen molar-refractivity contribution in [3.05, 3.63) is 6.61 Å². The highest BCUT2D eigenvalue weighted by atomic mass is 17.2. The molecule has 0 spiro atoms. The number of hydrogen-bond acceptors (Lipinski definition) is 2. The Labute approximate surface area is 50.7 Å². The fraction of sp³-hybridized carbons (Fsp3) is 0.833. The monoisotopic (exact) mass is 117 g/mol. The molecule has 0 saturated heterocycles. The van der Waals surface area contributed by atoms with Crippen LogP contribution in [0.15, 0.2) is 0 Å². The van der Waals surface area contributed by atoms with E-state index in [-0.39, 0.29) is 0 Å². The fourth-order valence-corrected chi connectivity index (χ4v) is 0.319. The van der Waals surface area contributed by atoms with Gasteiger partial charge in [0, 0.05) is 0 Å². The minimum atomic E-state index is 0.695. The summed E-state index contributed by atoms with van der Waals surface area (Å²) in [5, 5.41) is 0. The molecule has 0 aliphatic carbocycles. The van der Waals surface area contributed by atoms with Crippen LogP contribution in [-0.2, 0) is 9.78 Å². The molecule has 0 amide bonds. The first kappa shape index (κ1) is 7.92. The summed E-state index contributed by atoms with van der Waals surface area (Å²) in [6.07, 6.45) is 2.21. The van der Waals surface area contributed by atoms with Gasteiger partial charge in [0.25, 0.3) is 0 Å². The van der Waals surface area contributed by atoms with Crippen LogP contribution in [0.1, 0.15) is 26.7 Å². The first-order valence-corrected chi connectivity index (χ1v) is 2.98. The summed E-state index contributed by atoms with van der Waals surface area (Å²) in [5.74, 6) is 0. The van der Waals surface area contributed by atoms with Crippen molar-refractivity contribution in [3.8, 4) is 0 Å². The zero-order valence-electron chi connectivity index (χ0n) is 5.52. The van der Waals surface area contributed by atoms with Crippen LogP contribution in [-0.4, -0.2) is 6.61 Å². The summed E-state index contributed by atoms with van der Waals surface area (Å²) in [6.45, 7) is 6.11. The predicted octanol–water partition coefficient (Wildman–Crippen LogP) is 1.92. The first-order valence-electron chi connectivity index (χ1n) is 2.98. The van der Waals surface area contributed by atoms with E-state index in [1.54, 1.807) is 6.92 Å². The van der Waals surface area contributed by atoms with E-state index in [1.807, 2.05) is 0 Å². The average Bonchev–Trinajstić information content (AvgIpc) is 1.81. The minimum Gasteiger partial charge on any atom is -0.236 e. The number of hydrogen-bond donors (Lipinski definition) is 0. The van der Waals surface area contributed by atoms with E-state index in [4.69, 9.17) is 0 Å². The van der Waals surface area contributed by atoms with E-state index in [2.05, 4.69) is 16.7 Å². The fourth-order valence-electron chi connectivity index (χ4n) is 0.319. The number of rotatable bonds is 5. The molecule has 0 aromatic heterocycles. The predicted molar refractivity (Wildman–Crippen MR) is 31.9 cm³/mol. The lowest BCUT2D eigenvalue weighted by molar-refractivity contribution is -0.266. The van der Waals surface area contributed by atoms with Crippen molar-refractivity contribution < 1.29 is 9.78 Å². The van der Waals surface area contributed by atoms with Crippen molar-refractivity contribution >= 4 is 0 Å². The minimum absolute atomic E-state index is 0.695. The van der Waals surface area contributed by atoms with Crippen LogP contribution in [0, 0.1) is 6.61 Å². The third-order valence-electron chi connectivity index (χ3n) is 0.745. The summed E-state index contributed by atoms with van der Waals surface area (Å²) in [5.41, 5.74) is 0. The van der Waals surface area contributed by atoms with Gasteiger partial charge in [-0.15, -0.1) is 0 Å².